The molecule has 2 aromatic rings. The van der Waals surface area contributed by atoms with Crippen LogP contribution in [0.2, 0.25) is 0 Å². The van der Waals surface area contributed by atoms with Crippen molar-refractivity contribution in [3.8, 4) is 0 Å². The van der Waals surface area contributed by atoms with Gasteiger partial charge < -0.3 is 25.3 Å². The lowest BCUT2D eigenvalue weighted by molar-refractivity contribution is -0.122. The first-order valence-corrected chi connectivity index (χ1v) is 13.2. The molecule has 4 amide bonds. The van der Waals surface area contributed by atoms with Crippen LogP contribution in [0.15, 0.2) is 48.5 Å². The highest BCUT2D eigenvalue weighted by molar-refractivity contribution is 6.02. The molecule has 1 aliphatic heterocycles. The summed E-state index contributed by atoms with van der Waals surface area (Å²) in [5.41, 5.74) is 2.77. The van der Waals surface area contributed by atoms with Gasteiger partial charge in [0, 0.05) is 62.6 Å². The van der Waals surface area contributed by atoms with Gasteiger partial charge in [0.25, 0.3) is 5.91 Å². The first-order chi connectivity index (χ1) is 17.6. The molecule has 2 fully saturated rings. The van der Waals surface area contributed by atoms with Gasteiger partial charge in [-0.25, -0.2) is 4.79 Å². The van der Waals surface area contributed by atoms with Crippen LogP contribution in [0, 0.1) is 5.92 Å². The van der Waals surface area contributed by atoms with E-state index in [1.807, 2.05) is 68.1 Å². The van der Waals surface area contributed by atoms with E-state index in [2.05, 4.69) is 15.5 Å². The van der Waals surface area contributed by atoms with Gasteiger partial charge in [0.2, 0.25) is 5.91 Å². The van der Waals surface area contributed by atoms with Crippen LogP contribution in [0.4, 0.5) is 16.2 Å². The molecule has 8 heteroatoms. The van der Waals surface area contributed by atoms with Gasteiger partial charge in [0.15, 0.2) is 0 Å². The van der Waals surface area contributed by atoms with Gasteiger partial charge in [-0.2, -0.15) is 0 Å². The summed E-state index contributed by atoms with van der Waals surface area (Å²) in [6, 6.07) is 15.4. The molecular weight excluding hydrogens is 466 g/mol. The predicted octanol–water partition coefficient (Wildman–Crippen LogP) is 4.33. The Balaban J connectivity index is 1.53. The molecule has 2 aliphatic rings. The highest BCUT2D eigenvalue weighted by atomic mass is 16.2. The summed E-state index contributed by atoms with van der Waals surface area (Å²) >= 11 is 0. The van der Waals surface area contributed by atoms with Gasteiger partial charge in [0.1, 0.15) is 0 Å². The molecule has 0 radical (unpaired) electrons. The molecule has 2 aromatic carbocycles. The van der Waals surface area contributed by atoms with Gasteiger partial charge >= 0.3 is 6.03 Å². The van der Waals surface area contributed by atoms with Crippen molar-refractivity contribution in [3.05, 3.63) is 59.7 Å². The van der Waals surface area contributed by atoms with E-state index in [0.717, 1.165) is 30.5 Å². The van der Waals surface area contributed by atoms with E-state index in [1.165, 1.54) is 0 Å². The lowest BCUT2D eigenvalue weighted by atomic mass is 9.85. The van der Waals surface area contributed by atoms with Gasteiger partial charge in [-0.1, -0.05) is 36.8 Å². The summed E-state index contributed by atoms with van der Waals surface area (Å²) in [7, 11) is 1.80. The maximum absolute atomic E-state index is 13.7. The Morgan fingerprint density at radius 1 is 0.973 bits per heavy atom. The maximum atomic E-state index is 13.7. The van der Waals surface area contributed by atoms with Crippen LogP contribution >= 0.6 is 0 Å². The Kier molecular flexibility index (Phi) is 8.05. The molecule has 1 saturated carbocycles. The fraction of sp³-hybridized carbons (Fsp3) is 0.483. The van der Waals surface area contributed by atoms with E-state index < -0.39 is 0 Å². The molecule has 8 nitrogen and oxygen atoms in total. The topological polar surface area (TPSA) is 85.0 Å². The van der Waals surface area contributed by atoms with Crippen LogP contribution in [-0.2, 0) is 11.3 Å². The number of benzene rings is 2. The van der Waals surface area contributed by atoms with Gasteiger partial charge in [-0.15, -0.1) is 0 Å². The lowest BCUT2D eigenvalue weighted by Gasteiger charge is -2.38. The minimum Gasteiger partial charge on any atom is -0.367 e. The molecular formula is C29H39N5O3. The van der Waals surface area contributed by atoms with Crippen molar-refractivity contribution in [1.82, 2.24) is 15.1 Å². The molecule has 198 valence electrons. The van der Waals surface area contributed by atoms with Crippen LogP contribution in [0.5, 0.6) is 0 Å². The molecule has 0 spiro atoms. The smallest absolute Gasteiger partial charge is 0.317 e. The SMILES string of the molecule is CN(Cc1ccccc1)C(=O)c1cc(NC(=O)C2CCC2)ccc1N1CCN(C(=O)NC(C)(C)C)CC1. The van der Waals surface area contributed by atoms with Crippen molar-refractivity contribution in [1.29, 1.82) is 0 Å². The molecule has 4 rings (SSSR count). The minimum absolute atomic E-state index is 0.0218. The second-order valence-electron chi connectivity index (χ2n) is 11.2. The number of nitrogens with zero attached hydrogens (tertiary/aromatic N) is 3. The number of amides is 4. The number of nitrogens with one attached hydrogen (secondary N) is 2. The number of carbonyl (C=O) groups is 3. The number of anilines is 2. The van der Waals surface area contributed by atoms with Crippen molar-refractivity contribution in [3.63, 3.8) is 0 Å². The summed E-state index contributed by atoms with van der Waals surface area (Å²) in [5.74, 6) is -0.0214. The Morgan fingerprint density at radius 2 is 1.65 bits per heavy atom. The van der Waals surface area contributed by atoms with E-state index >= 15 is 0 Å². The average molecular weight is 506 g/mol. The van der Waals surface area contributed by atoms with E-state index in [-0.39, 0.29) is 29.3 Å². The number of rotatable bonds is 6. The van der Waals surface area contributed by atoms with Gasteiger partial charge in [0.05, 0.1) is 5.56 Å². The van der Waals surface area contributed by atoms with E-state index in [4.69, 9.17) is 0 Å². The van der Waals surface area contributed by atoms with Crippen molar-refractivity contribution in [2.45, 2.75) is 52.1 Å². The van der Waals surface area contributed by atoms with E-state index in [0.29, 0.717) is 44.0 Å². The van der Waals surface area contributed by atoms with E-state index in [1.54, 1.807) is 18.0 Å². The van der Waals surface area contributed by atoms with Crippen molar-refractivity contribution in [2.75, 3.05) is 43.4 Å². The Hall–Kier alpha value is -3.55. The fourth-order valence-electron chi connectivity index (χ4n) is 4.66. The zero-order valence-corrected chi connectivity index (χ0v) is 22.4. The van der Waals surface area contributed by atoms with Crippen LogP contribution in [0.3, 0.4) is 0 Å². The zero-order chi connectivity index (χ0) is 26.6. The predicted molar refractivity (Wildman–Crippen MR) is 147 cm³/mol. The molecule has 0 atom stereocenters. The Bertz CT molecular complexity index is 1120. The Labute approximate surface area is 220 Å². The average Bonchev–Trinajstić information content (AvgIpc) is 2.82. The number of hydrogen-bond donors (Lipinski definition) is 2. The van der Waals surface area contributed by atoms with Gasteiger partial charge in [-0.05, 0) is 57.4 Å². The highest BCUT2D eigenvalue weighted by Crippen LogP contribution is 2.30. The summed E-state index contributed by atoms with van der Waals surface area (Å²) < 4.78 is 0. The highest BCUT2D eigenvalue weighted by Gasteiger charge is 2.28. The monoisotopic (exact) mass is 505 g/mol. The molecule has 0 bridgehead atoms. The molecule has 37 heavy (non-hydrogen) atoms. The van der Waals surface area contributed by atoms with Gasteiger partial charge in [-0.3, -0.25) is 9.59 Å². The van der Waals surface area contributed by atoms with Crippen LogP contribution in [0.1, 0.15) is 56.0 Å². The second kappa shape index (κ2) is 11.2. The quantitative estimate of drug-likeness (QED) is 0.612. The van der Waals surface area contributed by atoms with Crippen LogP contribution in [-0.4, -0.2) is 66.4 Å². The number of carbonyl (C=O) groups excluding carboxylic acids is 3. The lowest BCUT2D eigenvalue weighted by Crippen LogP contribution is -2.55. The third-order valence-corrected chi connectivity index (χ3v) is 6.97. The summed E-state index contributed by atoms with van der Waals surface area (Å²) in [4.78, 5) is 44.6. The normalized spacial score (nSPS) is 16.1. The molecule has 0 unspecified atom stereocenters. The second-order valence-corrected chi connectivity index (χ2v) is 11.2. The van der Waals surface area contributed by atoms with Crippen LogP contribution in [0.25, 0.3) is 0 Å². The van der Waals surface area contributed by atoms with Crippen molar-refractivity contribution < 1.29 is 14.4 Å². The zero-order valence-electron chi connectivity index (χ0n) is 22.4. The molecule has 1 heterocycles. The third kappa shape index (κ3) is 6.81. The van der Waals surface area contributed by atoms with Crippen LogP contribution < -0.4 is 15.5 Å². The molecule has 1 saturated heterocycles. The number of urea groups is 1. The number of piperazine rings is 1. The first kappa shape index (κ1) is 26.5. The minimum atomic E-state index is -0.295. The van der Waals surface area contributed by atoms with Crippen molar-refractivity contribution in [2.24, 2.45) is 5.92 Å². The summed E-state index contributed by atoms with van der Waals surface area (Å²) in [6.07, 6.45) is 2.93. The fourth-order valence-corrected chi connectivity index (χ4v) is 4.66. The standard InChI is InChI=1S/C29H39N5O3/c1-29(2,3)31-28(37)34-17-15-33(16-18-34)25-14-13-23(30-26(35)22-11-8-12-22)19-24(25)27(36)32(4)20-21-9-6-5-7-10-21/h5-7,9-10,13-14,19,22H,8,11-12,15-18,20H2,1-4H3,(H,30,35)(H,31,37). The summed E-state index contributed by atoms with van der Waals surface area (Å²) in [5, 5.41) is 6.04. The van der Waals surface area contributed by atoms with Crippen molar-refractivity contribution >= 4 is 29.2 Å². The molecule has 0 aromatic heterocycles. The maximum Gasteiger partial charge on any atom is 0.317 e. The molecule has 1 aliphatic carbocycles. The number of hydrogen-bond acceptors (Lipinski definition) is 4. The first-order valence-electron chi connectivity index (χ1n) is 13.2. The third-order valence-electron chi connectivity index (χ3n) is 6.97. The Morgan fingerprint density at radius 3 is 2.24 bits per heavy atom. The summed E-state index contributed by atoms with van der Waals surface area (Å²) in [6.45, 7) is 8.76. The van der Waals surface area contributed by atoms with E-state index in [9.17, 15) is 14.4 Å². The largest absolute Gasteiger partial charge is 0.367 e. The molecule has 2 N–H and O–H groups in total.